The van der Waals surface area contributed by atoms with Gasteiger partial charge in [0.15, 0.2) is 0 Å². The summed E-state index contributed by atoms with van der Waals surface area (Å²) in [5.41, 5.74) is 0. The molecule has 17 heavy (non-hydrogen) atoms. The number of piperazine rings is 1. The van der Waals surface area contributed by atoms with Crippen LogP contribution in [0.5, 0.6) is 0 Å². The van der Waals surface area contributed by atoms with Crippen LogP contribution in [0.15, 0.2) is 0 Å². The summed E-state index contributed by atoms with van der Waals surface area (Å²) < 4.78 is 0. The second-order valence-corrected chi connectivity index (χ2v) is 4.95. The molecule has 1 heterocycles. The lowest BCUT2D eigenvalue weighted by molar-refractivity contribution is -0.137. The van der Waals surface area contributed by atoms with Crippen LogP contribution < -0.4 is 5.32 Å². The summed E-state index contributed by atoms with van der Waals surface area (Å²) in [6.45, 7) is 6.33. The Morgan fingerprint density at radius 3 is 2.65 bits per heavy atom. The fourth-order valence-electron chi connectivity index (χ4n) is 2.43. The highest BCUT2D eigenvalue weighted by molar-refractivity contribution is 5.82. The number of hydrogen-bond donors (Lipinski definition) is 2. The number of aliphatic hydroxyl groups excluding tert-OH is 1. The van der Waals surface area contributed by atoms with E-state index in [2.05, 4.69) is 10.2 Å². The predicted octanol–water partition coefficient (Wildman–Crippen LogP) is -0.737. The fourth-order valence-corrected chi connectivity index (χ4v) is 2.43. The Hall–Kier alpha value is -0.650. The van der Waals surface area contributed by atoms with Crippen LogP contribution in [-0.4, -0.2) is 72.2 Å². The van der Waals surface area contributed by atoms with Crippen molar-refractivity contribution in [3.8, 4) is 0 Å². The van der Waals surface area contributed by atoms with Crippen LogP contribution in [0.4, 0.5) is 0 Å². The molecule has 0 spiro atoms. The van der Waals surface area contributed by atoms with Gasteiger partial charge in [0, 0.05) is 38.8 Å². The average molecular weight is 241 g/mol. The zero-order chi connectivity index (χ0) is 12.3. The molecule has 0 aromatic rings. The van der Waals surface area contributed by atoms with Crippen molar-refractivity contribution in [1.82, 2.24) is 15.1 Å². The molecule has 5 nitrogen and oxygen atoms in total. The van der Waals surface area contributed by atoms with Crippen molar-refractivity contribution in [2.75, 3.05) is 39.3 Å². The smallest absolute Gasteiger partial charge is 0.239 e. The van der Waals surface area contributed by atoms with Gasteiger partial charge in [0.05, 0.1) is 12.6 Å². The van der Waals surface area contributed by atoms with Crippen LogP contribution in [0.1, 0.15) is 19.8 Å². The first-order valence-corrected chi connectivity index (χ1v) is 6.60. The van der Waals surface area contributed by atoms with Crippen LogP contribution in [0.2, 0.25) is 0 Å². The summed E-state index contributed by atoms with van der Waals surface area (Å²) in [7, 11) is 0. The third kappa shape index (κ3) is 3.18. The third-order valence-corrected chi connectivity index (χ3v) is 3.67. The van der Waals surface area contributed by atoms with Gasteiger partial charge in [-0.15, -0.1) is 0 Å². The molecule has 0 bridgehead atoms. The van der Waals surface area contributed by atoms with Crippen molar-refractivity contribution >= 4 is 5.91 Å². The number of hydrogen-bond acceptors (Lipinski definition) is 4. The van der Waals surface area contributed by atoms with E-state index in [9.17, 15) is 4.79 Å². The topological polar surface area (TPSA) is 55.8 Å². The molecule has 1 aliphatic heterocycles. The van der Waals surface area contributed by atoms with E-state index in [1.165, 1.54) is 0 Å². The predicted molar refractivity (Wildman–Crippen MR) is 65.7 cm³/mol. The lowest BCUT2D eigenvalue weighted by Gasteiger charge is -2.35. The quantitative estimate of drug-likeness (QED) is 0.666. The molecular formula is C12H23N3O2. The molecule has 2 fully saturated rings. The first-order chi connectivity index (χ1) is 8.24. The number of carbonyl (C=O) groups excluding carboxylic acids is 1. The molecule has 1 unspecified atom stereocenters. The Labute approximate surface area is 103 Å². The molecule has 2 aliphatic rings. The molecule has 5 heteroatoms. The van der Waals surface area contributed by atoms with Crippen LogP contribution in [0.25, 0.3) is 0 Å². The zero-order valence-electron chi connectivity index (χ0n) is 10.6. The maximum Gasteiger partial charge on any atom is 0.239 e. The average Bonchev–Trinajstić information content (AvgIpc) is 3.19. The van der Waals surface area contributed by atoms with E-state index in [0.29, 0.717) is 12.6 Å². The highest BCUT2D eigenvalue weighted by Crippen LogP contribution is 2.27. The van der Waals surface area contributed by atoms with Gasteiger partial charge in [-0.3, -0.25) is 9.69 Å². The maximum atomic E-state index is 12.4. The summed E-state index contributed by atoms with van der Waals surface area (Å²) in [6.07, 6.45) is 2.19. The van der Waals surface area contributed by atoms with Gasteiger partial charge in [0.1, 0.15) is 0 Å². The zero-order valence-corrected chi connectivity index (χ0v) is 10.6. The van der Waals surface area contributed by atoms with Gasteiger partial charge in [-0.05, 0) is 19.8 Å². The summed E-state index contributed by atoms with van der Waals surface area (Å²) in [5.74, 6) is 0.184. The first kappa shape index (κ1) is 12.8. The highest BCUT2D eigenvalue weighted by atomic mass is 16.3. The molecule has 1 saturated heterocycles. The van der Waals surface area contributed by atoms with Crippen LogP contribution in [0.3, 0.4) is 0 Å². The standard InChI is InChI=1S/C12H23N3O2/c1-10(14-6-4-13-5-7-14)12(17)15(8-9-16)11-2-3-11/h10-11,13,16H,2-9H2,1H3. The fraction of sp³-hybridized carbons (Fsp3) is 0.917. The minimum atomic E-state index is -0.0516. The molecule has 1 saturated carbocycles. The van der Waals surface area contributed by atoms with Crippen LogP contribution in [0, 0.1) is 0 Å². The number of aliphatic hydroxyl groups is 1. The Balaban J connectivity index is 1.91. The summed E-state index contributed by atoms with van der Waals surface area (Å²) in [5, 5.41) is 12.3. The number of carbonyl (C=O) groups is 1. The van der Waals surface area contributed by atoms with Crippen molar-refractivity contribution < 1.29 is 9.90 Å². The molecule has 98 valence electrons. The van der Waals surface area contributed by atoms with Gasteiger partial charge >= 0.3 is 0 Å². The number of nitrogens with zero attached hydrogens (tertiary/aromatic N) is 2. The lowest BCUT2D eigenvalue weighted by atomic mass is 10.2. The molecule has 0 aromatic carbocycles. The van der Waals surface area contributed by atoms with E-state index >= 15 is 0 Å². The Morgan fingerprint density at radius 2 is 2.12 bits per heavy atom. The highest BCUT2D eigenvalue weighted by Gasteiger charge is 2.35. The van der Waals surface area contributed by atoms with Gasteiger partial charge in [0.2, 0.25) is 5.91 Å². The Bertz CT molecular complexity index is 262. The van der Waals surface area contributed by atoms with E-state index in [4.69, 9.17) is 5.11 Å². The lowest BCUT2D eigenvalue weighted by Crippen LogP contribution is -2.54. The van der Waals surface area contributed by atoms with Crippen LogP contribution >= 0.6 is 0 Å². The first-order valence-electron chi connectivity index (χ1n) is 6.60. The van der Waals surface area contributed by atoms with Gasteiger partial charge in [-0.2, -0.15) is 0 Å². The summed E-state index contributed by atoms with van der Waals surface area (Å²) in [4.78, 5) is 16.5. The minimum absolute atomic E-state index is 0.0516. The SMILES string of the molecule is CC(C(=O)N(CCO)C1CC1)N1CCNCC1. The van der Waals surface area contributed by atoms with Gasteiger partial charge in [-0.25, -0.2) is 0 Å². The summed E-state index contributed by atoms with van der Waals surface area (Å²) in [6, 6.07) is 0.337. The molecule has 1 atom stereocenters. The monoisotopic (exact) mass is 241 g/mol. The number of amides is 1. The minimum Gasteiger partial charge on any atom is -0.395 e. The second kappa shape index (κ2) is 5.80. The van der Waals surface area contributed by atoms with Crippen molar-refractivity contribution in [2.24, 2.45) is 0 Å². The molecule has 2 N–H and O–H groups in total. The van der Waals surface area contributed by atoms with E-state index < -0.39 is 0 Å². The van der Waals surface area contributed by atoms with Crippen molar-refractivity contribution in [2.45, 2.75) is 31.8 Å². The van der Waals surface area contributed by atoms with Crippen molar-refractivity contribution in [3.05, 3.63) is 0 Å². The van der Waals surface area contributed by atoms with E-state index in [1.807, 2.05) is 11.8 Å². The Morgan fingerprint density at radius 1 is 1.47 bits per heavy atom. The maximum absolute atomic E-state index is 12.4. The molecule has 0 aromatic heterocycles. The second-order valence-electron chi connectivity index (χ2n) is 4.95. The van der Waals surface area contributed by atoms with Gasteiger partial charge in [-0.1, -0.05) is 0 Å². The van der Waals surface area contributed by atoms with Crippen molar-refractivity contribution in [3.63, 3.8) is 0 Å². The largest absolute Gasteiger partial charge is 0.395 e. The van der Waals surface area contributed by atoms with E-state index in [0.717, 1.165) is 39.0 Å². The van der Waals surface area contributed by atoms with E-state index in [-0.39, 0.29) is 18.6 Å². The summed E-state index contributed by atoms with van der Waals surface area (Å²) >= 11 is 0. The molecule has 2 rings (SSSR count). The molecular weight excluding hydrogens is 218 g/mol. The van der Waals surface area contributed by atoms with E-state index in [1.54, 1.807) is 0 Å². The van der Waals surface area contributed by atoms with Gasteiger partial charge < -0.3 is 15.3 Å². The van der Waals surface area contributed by atoms with Gasteiger partial charge in [0.25, 0.3) is 0 Å². The van der Waals surface area contributed by atoms with Crippen LogP contribution in [-0.2, 0) is 4.79 Å². The van der Waals surface area contributed by atoms with Crippen molar-refractivity contribution in [1.29, 1.82) is 0 Å². The Kier molecular flexibility index (Phi) is 4.36. The molecule has 0 radical (unpaired) electrons. The molecule has 1 aliphatic carbocycles. The number of nitrogens with one attached hydrogen (secondary N) is 1. The third-order valence-electron chi connectivity index (χ3n) is 3.67. The normalized spacial score (nSPS) is 23.4. The number of rotatable bonds is 5. The molecule has 1 amide bonds.